The summed E-state index contributed by atoms with van der Waals surface area (Å²) in [6.07, 6.45) is 5.04. The Balaban J connectivity index is 1.38. The number of amides is 1. The first kappa shape index (κ1) is 15.2. The molecule has 122 valence electrons. The third kappa shape index (κ3) is 3.03. The number of hydrogen-bond acceptors (Lipinski definition) is 5. The molecule has 3 N–H and O–H groups in total. The lowest BCUT2D eigenvalue weighted by atomic mass is 9.95. The first-order valence-corrected chi connectivity index (χ1v) is 8.83. The smallest absolute Gasteiger partial charge is 0.251 e. The number of nitriles is 1. The molecule has 0 spiro atoms. The highest BCUT2D eigenvalue weighted by molar-refractivity contribution is 7.99. The van der Waals surface area contributed by atoms with Gasteiger partial charge in [-0.05, 0) is 43.5 Å². The SMILES string of the molecule is N#Cc1ncc(Sc2ccc(C(=O)N[C@@H]3C[C@H]4CC[C@@H]3N4)cc2)[nH]1. The number of carbonyl (C=O) groups is 1. The molecular formula is C17H17N5OS. The summed E-state index contributed by atoms with van der Waals surface area (Å²) in [5, 5.41) is 16.2. The van der Waals surface area contributed by atoms with Crippen LogP contribution in [0.15, 0.2) is 40.4 Å². The van der Waals surface area contributed by atoms with E-state index in [0.29, 0.717) is 23.5 Å². The van der Waals surface area contributed by atoms with Crippen molar-refractivity contribution < 1.29 is 4.79 Å². The highest BCUT2D eigenvalue weighted by Crippen LogP contribution is 2.29. The van der Waals surface area contributed by atoms with Crippen LogP contribution in [0.1, 0.15) is 35.4 Å². The molecular weight excluding hydrogens is 322 g/mol. The Kier molecular flexibility index (Phi) is 4.00. The van der Waals surface area contributed by atoms with Gasteiger partial charge in [-0.15, -0.1) is 0 Å². The molecule has 0 aliphatic carbocycles. The van der Waals surface area contributed by atoms with Crippen LogP contribution in [0.3, 0.4) is 0 Å². The van der Waals surface area contributed by atoms with Crippen LogP contribution in [0, 0.1) is 11.3 Å². The van der Waals surface area contributed by atoms with Gasteiger partial charge < -0.3 is 15.6 Å². The van der Waals surface area contributed by atoms with Gasteiger partial charge in [0.2, 0.25) is 5.82 Å². The van der Waals surface area contributed by atoms with E-state index in [9.17, 15) is 4.79 Å². The number of rotatable bonds is 4. The molecule has 0 saturated carbocycles. The summed E-state index contributed by atoms with van der Waals surface area (Å²) < 4.78 is 0. The van der Waals surface area contributed by atoms with Gasteiger partial charge in [-0.2, -0.15) is 5.26 Å². The first-order valence-electron chi connectivity index (χ1n) is 8.01. The van der Waals surface area contributed by atoms with Crippen LogP contribution < -0.4 is 10.6 Å². The highest BCUT2D eigenvalue weighted by Gasteiger charge is 2.39. The van der Waals surface area contributed by atoms with Crippen LogP contribution in [0.4, 0.5) is 0 Å². The van der Waals surface area contributed by atoms with Gasteiger partial charge in [-0.25, -0.2) is 4.98 Å². The van der Waals surface area contributed by atoms with Crippen molar-refractivity contribution in [2.75, 3.05) is 0 Å². The van der Waals surface area contributed by atoms with E-state index in [0.717, 1.165) is 22.8 Å². The minimum atomic E-state index is -0.0146. The van der Waals surface area contributed by atoms with Gasteiger partial charge in [-0.1, -0.05) is 11.8 Å². The molecule has 1 aromatic heterocycles. The quantitative estimate of drug-likeness (QED) is 0.793. The van der Waals surface area contributed by atoms with Crippen molar-refractivity contribution >= 4 is 17.7 Å². The number of benzene rings is 1. The van der Waals surface area contributed by atoms with Crippen molar-refractivity contribution in [1.29, 1.82) is 5.26 Å². The van der Waals surface area contributed by atoms with E-state index in [4.69, 9.17) is 5.26 Å². The maximum Gasteiger partial charge on any atom is 0.251 e. The third-order valence-corrected chi connectivity index (χ3v) is 5.55. The molecule has 7 heteroatoms. The number of carbonyl (C=O) groups excluding carboxylic acids is 1. The van der Waals surface area contributed by atoms with Gasteiger partial charge in [-0.3, -0.25) is 4.79 Å². The van der Waals surface area contributed by atoms with E-state index in [1.165, 1.54) is 18.2 Å². The zero-order valence-electron chi connectivity index (χ0n) is 13.0. The third-order valence-electron chi connectivity index (χ3n) is 4.62. The average molecular weight is 339 g/mol. The summed E-state index contributed by atoms with van der Waals surface area (Å²) in [5.74, 6) is 0.284. The fourth-order valence-corrected chi connectivity index (χ4v) is 4.23. The molecule has 2 bridgehead atoms. The van der Waals surface area contributed by atoms with Gasteiger partial charge in [0.1, 0.15) is 6.07 Å². The normalized spacial score (nSPS) is 24.7. The topological polar surface area (TPSA) is 93.6 Å². The van der Waals surface area contributed by atoms with Crippen LogP contribution >= 0.6 is 11.8 Å². The van der Waals surface area contributed by atoms with E-state index in [1.54, 1.807) is 6.20 Å². The molecule has 24 heavy (non-hydrogen) atoms. The standard InChI is InChI=1S/C17H17N5OS/c18-8-15-19-9-16(22-15)24-12-4-1-10(2-5-12)17(23)21-14-7-11-3-6-13(14)20-11/h1-2,4-5,9,11,13-14,20H,3,6-7H2,(H,19,22)(H,21,23)/t11-,13+,14-/m1/s1. The molecule has 4 rings (SSSR count). The van der Waals surface area contributed by atoms with Crippen LogP contribution in [0.2, 0.25) is 0 Å². The minimum Gasteiger partial charge on any atom is -0.348 e. The number of nitrogens with one attached hydrogen (secondary N) is 3. The first-order chi connectivity index (χ1) is 11.7. The monoisotopic (exact) mass is 339 g/mol. The van der Waals surface area contributed by atoms with Gasteiger partial charge in [0.15, 0.2) is 0 Å². The maximum atomic E-state index is 12.4. The van der Waals surface area contributed by atoms with Gasteiger partial charge in [0, 0.05) is 28.6 Å². The Labute approximate surface area is 144 Å². The molecule has 1 amide bonds. The van der Waals surface area contributed by atoms with E-state index in [1.807, 2.05) is 30.3 Å². The Bertz CT molecular complexity index is 794. The Hall–Kier alpha value is -2.30. The van der Waals surface area contributed by atoms with Gasteiger partial charge in [0.25, 0.3) is 5.91 Å². The maximum absolute atomic E-state index is 12.4. The van der Waals surface area contributed by atoms with E-state index < -0.39 is 0 Å². The van der Waals surface area contributed by atoms with Gasteiger partial charge in [0.05, 0.1) is 11.2 Å². The van der Waals surface area contributed by atoms with E-state index in [-0.39, 0.29) is 11.9 Å². The Morgan fingerprint density at radius 3 is 2.79 bits per heavy atom. The number of aromatic nitrogens is 2. The van der Waals surface area contributed by atoms with Crippen molar-refractivity contribution in [3.8, 4) is 6.07 Å². The molecule has 3 atom stereocenters. The van der Waals surface area contributed by atoms with Crippen LogP contribution in [-0.2, 0) is 0 Å². The number of imidazole rings is 1. The molecule has 2 aromatic rings. The van der Waals surface area contributed by atoms with Crippen molar-refractivity contribution in [2.24, 2.45) is 0 Å². The molecule has 6 nitrogen and oxygen atoms in total. The lowest BCUT2D eigenvalue weighted by molar-refractivity contribution is 0.0931. The Morgan fingerprint density at radius 1 is 1.33 bits per heavy atom. The predicted molar refractivity (Wildman–Crippen MR) is 89.7 cm³/mol. The summed E-state index contributed by atoms with van der Waals surface area (Å²) in [7, 11) is 0. The summed E-state index contributed by atoms with van der Waals surface area (Å²) in [6, 6.07) is 10.7. The average Bonchev–Trinajstić information content (AvgIpc) is 3.32. The second kappa shape index (κ2) is 6.30. The fraction of sp³-hybridized carbons (Fsp3) is 0.353. The molecule has 2 fully saturated rings. The number of fused-ring (bicyclic) bond motifs is 2. The number of nitrogens with zero attached hydrogens (tertiary/aromatic N) is 2. The van der Waals surface area contributed by atoms with Crippen molar-refractivity contribution in [3.05, 3.63) is 41.9 Å². The second-order valence-electron chi connectivity index (χ2n) is 6.20. The molecule has 0 unspecified atom stereocenters. The van der Waals surface area contributed by atoms with Crippen LogP contribution in [-0.4, -0.2) is 34.0 Å². The lowest BCUT2D eigenvalue weighted by Gasteiger charge is -2.21. The Morgan fingerprint density at radius 2 is 2.17 bits per heavy atom. The molecule has 2 aliphatic heterocycles. The van der Waals surface area contributed by atoms with Gasteiger partial charge >= 0.3 is 0 Å². The molecule has 0 radical (unpaired) electrons. The zero-order chi connectivity index (χ0) is 16.5. The fourth-order valence-electron chi connectivity index (χ4n) is 3.45. The summed E-state index contributed by atoms with van der Waals surface area (Å²) in [6.45, 7) is 0. The van der Waals surface area contributed by atoms with Crippen molar-refractivity contribution in [2.45, 2.75) is 47.3 Å². The lowest BCUT2D eigenvalue weighted by Crippen LogP contribution is -2.42. The number of aromatic amines is 1. The summed E-state index contributed by atoms with van der Waals surface area (Å²) in [5.41, 5.74) is 0.671. The number of hydrogen-bond donors (Lipinski definition) is 3. The number of H-pyrrole nitrogens is 1. The van der Waals surface area contributed by atoms with Crippen LogP contribution in [0.25, 0.3) is 0 Å². The van der Waals surface area contributed by atoms with Crippen molar-refractivity contribution in [3.63, 3.8) is 0 Å². The minimum absolute atomic E-state index is 0.0146. The highest BCUT2D eigenvalue weighted by atomic mass is 32.2. The molecule has 2 saturated heterocycles. The summed E-state index contributed by atoms with van der Waals surface area (Å²) >= 11 is 1.48. The predicted octanol–water partition coefficient (Wildman–Crippen LogP) is 2.06. The largest absolute Gasteiger partial charge is 0.348 e. The molecule has 2 aliphatic rings. The zero-order valence-corrected chi connectivity index (χ0v) is 13.8. The molecule has 1 aromatic carbocycles. The van der Waals surface area contributed by atoms with Crippen molar-refractivity contribution in [1.82, 2.24) is 20.6 Å². The van der Waals surface area contributed by atoms with Crippen LogP contribution in [0.5, 0.6) is 0 Å². The second-order valence-corrected chi connectivity index (χ2v) is 7.31. The van der Waals surface area contributed by atoms with E-state index >= 15 is 0 Å². The van der Waals surface area contributed by atoms with E-state index in [2.05, 4.69) is 20.6 Å². The summed E-state index contributed by atoms with van der Waals surface area (Å²) in [4.78, 5) is 20.2. The molecule has 3 heterocycles.